The van der Waals surface area contributed by atoms with Gasteiger partial charge in [0.1, 0.15) is 0 Å². The van der Waals surface area contributed by atoms with Crippen molar-refractivity contribution in [1.29, 1.82) is 0 Å². The zero-order chi connectivity index (χ0) is 22.7. The first-order valence-electron chi connectivity index (χ1n) is 10.5. The first kappa shape index (κ1) is 21.4. The molecule has 6 heteroatoms. The molecule has 0 saturated heterocycles. The van der Waals surface area contributed by atoms with Crippen molar-refractivity contribution in [3.8, 4) is 11.5 Å². The Labute approximate surface area is 187 Å². The summed E-state index contributed by atoms with van der Waals surface area (Å²) in [5.74, 6) is 0.897. The van der Waals surface area contributed by atoms with Crippen LogP contribution in [-0.2, 0) is 11.3 Å². The van der Waals surface area contributed by atoms with E-state index in [0.717, 1.165) is 22.4 Å². The molecule has 0 aliphatic carbocycles. The Balaban J connectivity index is 1.65. The van der Waals surface area contributed by atoms with Crippen molar-refractivity contribution in [3.05, 3.63) is 89.0 Å². The minimum absolute atomic E-state index is 0.0801. The Bertz CT molecular complexity index is 1140. The summed E-state index contributed by atoms with van der Waals surface area (Å²) in [7, 11) is 3.14. The first-order valence-corrected chi connectivity index (χ1v) is 10.5. The van der Waals surface area contributed by atoms with Crippen LogP contribution in [0.4, 0.5) is 5.69 Å². The predicted molar refractivity (Wildman–Crippen MR) is 123 cm³/mol. The third kappa shape index (κ3) is 4.30. The second-order valence-corrected chi connectivity index (χ2v) is 7.84. The molecule has 0 aromatic heterocycles. The van der Waals surface area contributed by atoms with Crippen molar-refractivity contribution in [1.82, 2.24) is 4.90 Å². The lowest BCUT2D eigenvalue weighted by molar-refractivity contribution is -0.117. The third-order valence-electron chi connectivity index (χ3n) is 5.73. The van der Waals surface area contributed by atoms with Gasteiger partial charge in [0.05, 0.1) is 26.7 Å². The molecule has 1 heterocycles. The Morgan fingerprint density at radius 3 is 2.41 bits per heavy atom. The van der Waals surface area contributed by atoms with E-state index in [2.05, 4.69) is 5.32 Å². The molecule has 2 amide bonds. The molecule has 0 fully saturated rings. The van der Waals surface area contributed by atoms with Gasteiger partial charge < -0.3 is 19.7 Å². The molecule has 1 atom stereocenters. The quantitative estimate of drug-likeness (QED) is 0.588. The van der Waals surface area contributed by atoms with E-state index in [4.69, 9.17) is 9.47 Å². The van der Waals surface area contributed by atoms with Gasteiger partial charge in [0.2, 0.25) is 5.91 Å². The number of methoxy groups -OCH3 is 2. The van der Waals surface area contributed by atoms with Gasteiger partial charge in [-0.1, -0.05) is 42.0 Å². The highest BCUT2D eigenvalue weighted by Crippen LogP contribution is 2.37. The average Bonchev–Trinajstić information content (AvgIpc) is 3.15. The van der Waals surface area contributed by atoms with Crippen LogP contribution in [0.2, 0.25) is 0 Å². The molecular weight excluding hydrogens is 404 g/mol. The summed E-state index contributed by atoms with van der Waals surface area (Å²) in [6, 6.07) is 20.2. The molecule has 0 radical (unpaired) electrons. The predicted octanol–water partition coefficient (Wildman–Crippen LogP) is 4.74. The van der Waals surface area contributed by atoms with E-state index in [1.54, 1.807) is 25.2 Å². The van der Waals surface area contributed by atoms with E-state index >= 15 is 0 Å². The highest BCUT2D eigenvalue weighted by Gasteiger charge is 2.34. The summed E-state index contributed by atoms with van der Waals surface area (Å²) in [5.41, 5.74) is 4.29. The lowest BCUT2D eigenvalue weighted by Crippen LogP contribution is -2.32. The summed E-state index contributed by atoms with van der Waals surface area (Å²) < 4.78 is 10.8. The van der Waals surface area contributed by atoms with Gasteiger partial charge >= 0.3 is 0 Å². The summed E-state index contributed by atoms with van der Waals surface area (Å²) >= 11 is 0. The van der Waals surface area contributed by atoms with E-state index < -0.39 is 6.04 Å². The van der Waals surface area contributed by atoms with Crippen LogP contribution >= 0.6 is 0 Å². The maximum Gasteiger partial charge on any atom is 0.255 e. The number of ether oxygens (including phenoxy) is 2. The number of rotatable bonds is 7. The van der Waals surface area contributed by atoms with Crippen LogP contribution in [-0.4, -0.2) is 30.9 Å². The molecule has 32 heavy (non-hydrogen) atoms. The fraction of sp³-hybridized carbons (Fsp3) is 0.231. The van der Waals surface area contributed by atoms with Gasteiger partial charge in [-0.3, -0.25) is 9.59 Å². The zero-order valence-electron chi connectivity index (χ0n) is 18.4. The molecule has 164 valence electrons. The molecule has 1 aliphatic rings. The minimum Gasteiger partial charge on any atom is -0.493 e. The summed E-state index contributed by atoms with van der Waals surface area (Å²) in [6.07, 6.45) is 0.114. The summed E-state index contributed by atoms with van der Waals surface area (Å²) in [5, 5.41) is 2.95. The van der Waals surface area contributed by atoms with E-state index in [9.17, 15) is 9.59 Å². The van der Waals surface area contributed by atoms with Crippen LogP contribution in [0.25, 0.3) is 0 Å². The molecule has 6 nitrogen and oxygen atoms in total. The van der Waals surface area contributed by atoms with Crippen molar-refractivity contribution in [2.45, 2.75) is 25.9 Å². The zero-order valence-corrected chi connectivity index (χ0v) is 18.4. The van der Waals surface area contributed by atoms with Crippen LogP contribution < -0.4 is 14.8 Å². The van der Waals surface area contributed by atoms with Crippen LogP contribution in [0, 0.1) is 6.92 Å². The Morgan fingerprint density at radius 2 is 1.72 bits per heavy atom. The van der Waals surface area contributed by atoms with Gasteiger partial charge in [0.25, 0.3) is 5.91 Å². The largest absolute Gasteiger partial charge is 0.493 e. The fourth-order valence-corrected chi connectivity index (χ4v) is 4.02. The molecule has 0 saturated carbocycles. The number of hydrogen-bond acceptors (Lipinski definition) is 4. The van der Waals surface area contributed by atoms with Crippen LogP contribution in [0.15, 0.2) is 66.7 Å². The van der Waals surface area contributed by atoms with E-state index in [1.165, 1.54) is 0 Å². The van der Waals surface area contributed by atoms with Crippen molar-refractivity contribution >= 4 is 17.5 Å². The van der Waals surface area contributed by atoms with Gasteiger partial charge in [-0.25, -0.2) is 0 Å². The number of carbonyl (C=O) groups is 2. The molecule has 4 rings (SSSR count). The average molecular weight is 431 g/mol. The lowest BCUT2D eigenvalue weighted by atomic mass is 10.0. The van der Waals surface area contributed by atoms with Crippen LogP contribution in [0.3, 0.4) is 0 Å². The number of amides is 2. The van der Waals surface area contributed by atoms with Crippen molar-refractivity contribution < 1.29 is 19.1 Å². The Kier molecular flexibility index (Phi) is 6.12. The Hall–Kier alpha value is -3.80. The number of hydrogen-bond donors (Lipinski definition) is 1. The first-order chi connectivity index (χ1) is 15.5. The molecule has 0 spiro atoms. The summed E-state index contributed by atoms with van der Waals surface area (Å²) in [4.78, 5) is 27.9. The van der Waals surface area contributed by atoms with Crippen molar-refractivity contribution in [2.24, 2.45) is 0 Å². The van der Waals surface area contributed by atoms with E-state index in [-0.39, 0.29) is 18.2 Å². The monoisotopic (exact) mass is 430 g/mol. The number of fused-ring (bicyclic) bond motifs is 1. The number of nitrogens with zero attached hydrogens (tertiary/aromatic N) is 1. The maximum absolute atomic E-state index is 13.2. The normalized spacial score (nSPS) is 13.5. The van der Waals surface area contributed by atoms with Crippen molar-refractivity contribution in [2.75, 3.05) is 19.5 Å². The van der Waals surface area contributed by atoms with Crippen LogP contribution in [0.5, 0.6) is 11.5 Å². The molecule has 1 aliphatic heterocycles. The molecule has 3 aromatic rings. The third-order valence-corrected chi connectivity index (χ3v) is 5.73. The van der Waals surface area contributed by atoms with Crippen LogP contribution in [0.1, 0.15) is 39.5 Å². The molecular formula is C26H26N2O4. The van der Waals surface area contributed by atoms with Gasteiger partial charge in [-0.05, 0) is 48.4 Å². The molecule has 3 aromatic carbocycles. The highest BCUT2D eigenvalue weighted by atomic mass is 16.5. The maximum atomic E-state index is 13.2. The fourth-order valence-electron chi connectivity index (χ4n) is 4.02. The second kappa shape index (κ2) is 9.14. The van der Waals surface area contributed by atoms with Gasteiger partial charge in [0.15, 0.2) is 11.5 Å². The standard InChI is InChI=1S/C26H26N2O4/c1-17-8-11-20(12-9-17)27-25(29)15-22(18-10-13-23(31-2)24(14-18)32-3)28-16-19-6-4-5-7-21(19)26(28)30/h4-14,22H,15-16H2,1-3H3,(H,27,29). The number of carbonyl (C=O) groups excluding carboxylic acids is 2. The van der Waals surface area contributed by atoms with E-state index in [0.29, 0.717) is 23.6 Å². The van der Waals surface area contributed by atoms with Gasteiger partial charge in [-0.15, -0.1) is 0 Å². The Morgan fingerprint density at radius 1 is 1.00 bits per heavy atom. The minimum atomic E-state index is -0.458. The highest BCUT2D eigenvalue weighted by molar-refractivity contribution is 5.99. The van der Waals surface area contributed by atoms with Gasteiger partial charge in [-0.2, -0.15) is 0 Å². The lowest BCUT2D eigenvalue weighted by Gasteiger charge is -2.28. The SMILES string of the molecule is COc1ccc(C(CC(=O)Nc2ccc(C)cc2)N2Cc3ccccc3C2=O)cc1OC. The van der Waals surface area contributed by atoms with Gasteiger partial charge in [0, 0.05) is 17.8 Å². The molecule has 1 N–H and O–H groups in total. The van der Waals surface area contributed by atoms with E-state index in [1.807, 2.05) is 67.6 Å². The molecule has 0 bridgehead atoms. The number of nitrogens with one attached hydrogen (secondary N) is 1. The second-order valence-electron chi connectivity index (χ2n) is 7.84. The number of aryl methyl sites for hydroxylation is 1. The van der Waals surface area contributed by atoms with Crippen molar-refractivity contribution in [3.63, 3.8) is 0 Å². The smallest absolute Gasteiger partial charge is 0.255 e. The molecule has 1 unspecified atom stereocenters. The number of anilines is 1. The topological polar surface area (TPSA) is 67.9 Å². The number of benzene rings is 3. The summed E-state index contributed by atoms with van der Waals surface area (Å²) in [6.45, 7) is 2.45.